The van der Waals surface area contributed by atoms with Gasteiger partial charge in [-0.3, -0.25) is 14.9 Å². The number of ether oxygens (including phenoxy) is 2. The zero-order valence-corrected chi connectivity index (χ0v) is 29.5. The number of benzene rings is 3. The van der Waals surface area contributed by atoms with Crippen molar-refractivity contribution >= 4 is 40.4 Å². The lowest BCUT2D eigenvalue weighted by Gasteiger charge is -2.23. The molecular weight excluding hydrogens is 646 g/mol. The van der Waals surface area contributed by atoms with Crippen molar-refractivity contribution in [1.82, 2.24) is 25.1 Å². The number of aromatic nitrogens is 4. The molecule has 3 N–H and O–H groups in total. The van der Waals surface area contributed by atoms with E-state index < -0.39 is 17.7 Å². The van der Waals surface area contributed by atoms with Crippen molar-refractivity contribution in [2.24, 2.45) is 0 Å². The monoisotopic (exact) mass is 689 g/mol. The molecule has 0 bridgehead atoms. The molecular formula is C39H43N7O5. The van der Waals surface area contributed by atoms with Crippen LogP contribution in [0.2, 0.25) is 0 Å². The topological polar surface area (TPSA) is 149 Å². The SMILES string of the molecule is COc1ccc(-n2nc3cc(C(=O)N[C@H](C)C(=O)Nc4ccc(-c5cnc(NC(=O)OC(C)(C)C)nc5)cc4)ccc3c2C2CCCCC2)cc1. The second kappa shape index (κ2) is 15.0. The first-order valence-corrected chi connectivity index (χ1v) is 17.2. The number of nitrogens with zero attached hydrogens (tertiary/aromatic N) is 4. The number of nitrogens with one attached hydrogen (secondary N) is 3. The lowest BCUT2D eigenvalue weighted by Crippen LogP contribution is -2.41. The Morgan fingerprint density at radius 1 is 0.863 bits per heavy atom. The molecule has 1 saturated carbocycles. The number of hydrogen-bond acceptors (Lipinski definition) is 8. The van der Waals surface area contributed by atoms with Crippen LogP contribution in [-0.4, -0.2) is 56.4 Å². The third-order valence-corrected chi connectivity index (χ3v) is 8.77. The summed E-state index contributed by atoms with van der Waals surface area (Å²) in [6, 6.07) is 19.8. The fourth-order valence-corrected chi connectivity index (χ4v) is 6.22. The lowest BCUT2D eigenvalue weighted by atomic mass is 9.85. The fraction of sp³-hybridized carbons (Fsp3) is 0.333. The molecule has 51 heavy (non-hydrogen) atoms. The highest BCUT2D eigenvalue weighted by molar-refractivity contribution is 6.02. The number of rotatable bonds is 9. The van der Waals surface area contributed by atoms with Gasteiger partial charge in [0.15, 0.2) is 0 Å². The van der Waals surface area contributed by atoms with E-state index in [0.717, 1.165) is 46.3 Å². The molecule has 12 nitrogen and oxygen atoms in total. The van der Waals surface area contributed by atoms with E-state index in [1.807, 2.05) is 47.1 Å². The van der Waals surface area contributed by atoms with Crippen LogP contribution < -0.4 is 20.7 Å². The van der Waals surface area contributed by atoms with Gasteiger partial charge in [-0.2, -0.15) is 5.10 Å². The number of hydrogen-bond donors (Lipinski definition) is 3. The molecule has 2 aromatic heterocycles. The minimum Gasteiger partial charge on any atom is -0.497 e. The Morgan fingerprint density at radius 2 is 1.55 bits per heavy atom. The molecule has 3 amide bonds. The molecule has 12 heteroatoms. The molecule has 5 aromatic rings. The molecule has 6 rings (SSSR count). The number of methoxy groups -OCH3 is 1. The molecule has 1 aliphatic carbocycles. The van der Waals surface area contributed by atoms with Crippen LogP contribution in [0.3, 0.4) is 0 Å². The van der Waals surface area contributed by atoms with Crippen LogP contribution in [-0.2, 0) is 9.53 Å². The van der Waals surface area contributed by atoms with E-state index in [1.54, 1.807) is 71.5 Å². The van der Waals surface area contributed by atoms with Crippen molar-refractivity contribution in [1.29, 1.82) is 0 Å². The Kier molecular flexibility index (Phi) is 10.3. The van der Waals surface area contributed by atoms with Crippen molar-refractivity contribution in [3.8, 4) is 22.6 Å². The van der Waals surface area contributed by atoms with Crippen LogP contribution in [0.1, 0.15) is 81.8 Å². The Bertz CT molecular complexity index is 2010. The summed E-state index contributed by atoms with van der Waals surface area (Å²) < 4.78 is 12.6. The average molecular weight is 690 g/mol. The largest absolute Gasteiger partial charge is 0.497 e. The average Bonchev–Trinajstić information content (AvgIpc) is 3.51. The molecule has 0 radical (unpaired) electrons. The first kappa shape index (κ1) is 35.1. The molecule has 0 spiro atoms. The second-order valence-electron chi connectivity index (χ2n) is 13.7. The third-order valence-electron chi connectivity index (χ3n) is 8.77. The molecule has 0 saturated heterocycles. The van der Waals surface area contributed by atoms with Crippen molar-refractivity contribution in [3.63, 3.8) is 0 Å². The van der Waals surface area contributed by atoms with Gasteiger partial charge in [-0.05, 0) is 94.6 Å². The highest BCUT2D eigenvalue weighted by atomic mass is 16.6. The van der Waals surface area contributed by atoms with E-state index in [-0.39, 0.29) is 17.8 Å². The van der Waals surface area contributed by atoms with Gasteiger partial charge in [-0.1, -0.05) is 37.5 Å². The van der Waals surface area contributed by atoms with Gasteiger partial charge in [-0.15, -0.1) is 0 Å². The van der Waals surface area contributed by atoms with Gasteiger partial charge in [0.1, 0.15) is 17.4 Å². The van der Waals surface area contributed by atoms with Gasteiger partial charge >= 0.3 is 6.09 Å². The van der Waals surface area contributed by atoms with Crippen LogP contribution in [0.15, 0.2) is 79.1 Å². The van der Waals surface area contributed by atoms with Crippen molar-refractivity contribution in [3.05, 3.63) is 90.4 Å². The summed E-state index contributed by atoms with van der Waals surface area (Å²) in [7, 11) is 1.65. The first-order chi connectivity index (χ1) is 24.5. The summed E-state index contributed by atoms with van der Waals surface area (Å²) in [5.74, 6) is 0.557. The highest BCUT2D eigenvalue weighted by Crippen LogP contribution is 2.38. The van der Waals surface area contributed by atoms with Gasteiger partial charge < -0.3 is 20.1 Å². The highest BCUT2D eigenvalue weighted by Gasteiger charge is 2.25. The summed E-state index contributed by atoms with van der Waals surface area (Å²) in [4.78, 5) is 46.8. The van der Waals surface area contributed by atoms with Gasteiger partial charge in [0.25, 0.3) is 5.91 Å². The van der Waals surface area contributed by atoms with Crippen molar-refractivity contribution < 1.29 is 23.9 Å². The lowest BCUT2D eigenvalue weighted by molar-refractivity contribution is -0.117. The van der Waals surface area contributed by atoms with Crippen LogP contribution in [0, 0.1) is 0 Å². The molecule has 0 unspecified atom stereocenters. The fourth-order valence-electron chi connectivity index (χ4n) is 6.22. The van der Waals surface area contributed by atoms with Crippen LogP contribution in [0.25, 0.3) is 27.7 Å². The molecule has 1 atom stereocenters. The Morgan fingerprint density at radius 3 is 2.20 bits per heavy atom. The summed E-state index contributed by atoms with van der Waals surface area (Å²) in [5, 5.41) is 14.2. The van der Waals surface area contributed by atoms with E-state index in [9.17, 15) is 14.4 Å². The maximum absolute atomic E-state index is 13.4. The maximum atomic E-state index is 13.4. The Balaban J connectivity index is 1.10. The second-order valence-corrected chi connectivity index (χ2v) is 13.7. The van der Waals surface area contributed by atoms with E-state index in [4.69, 9.17) is 14.6 Å². The first-order valence-electron chi connectivity index (χ1n) is 17.2. The zero-order chi connectivity index (χ0) is 36.1. The van der Waals surface area contributed by atoms with E-state index in [1.165, 1.54) is 25.0 Å². The summed E-state index contributed by atoms with van der Waals surface area (Å²) in [6.45, 7) is 6.96. The van der Waals surface area contributed by atoms with Crippen LogP contribution in [0.5, 0.6) is 5.75 Å². The Labute approximate surface area is 297 Å². The van der Waals surface area contributed by atoms with E-state index >= 15 is 0 Å². The standard InChI is InChI=1S/C39H43N7O5/c1-24(35(47)43-29-14-11-25(12-15-29)28-22-40-37(41-23-28)44-38(49)51-39(2,3)4)42-36(48)27-13-20-32-33(21-27)45-46(30-16-18-31(50-5)19-17-30)34(32)26-9-7-6-8-10-26/h11-24,26H,6-10H2,1-5H3,(H,42,48)(H,43,47)(H,40,41,44,49)/t24-/m1/s1. The van der Waals surface area contributed by atoms with Crippen LogP contribution in [0.4, 0.5) is 16.4 Å². The van der Waals surface area contributed by atoms with Gasteiger partial charge in [0.2, 0.25) is 11.9 Å². The zero-order valence-electron chi connectivity index (χ0n) is 29.5. The van der Waals surface area contributed by atoms with Crippen molar-refractivity contribution in [2.45, 2.75) is 77.4 Å². The summed E-state index contributed by atoms with van der Waals surface area (Å²) in [5.41, 5.74) is 4.73. The molecule has 1 fully saturated rings. The molecule has 1 aliphatic rings. The van der Waals surface area contributed by atoms with Gasteiger partial charge in [-0.25, -0.2) is 19.4 Å². The van der Waals surface area contributed by atoms with E-state index in [2.05, 4.69) is 25.9 Å². The number of carbonyl (C=O) groups excluding carboxylic acids is 3. The molecule has 3 aromatic carbocycles. The third kappa shape index (κ3) is 8.51. The predicted molar refractivity (Wildman–Crippen MR) is 196 cm³/mol. The number of carbonyl (C=O) groups is 3. The van der Waals surface area contributed by atoms with E-state index in [0.29, 0.717) is 17.2 Å². The Hall–Kier alpha value is -5.78. The molecule has 264 valence electrons. The quantitative estimate of drug-likeness (QED) is 0.143. The summed E-state index contributed by atoms with van der Waals surface area (Å²) in [6.07, 6.45) is 8.35. The predicted octanol–water partition coefficient (Wildman–Crippen LogP) is 7.64. The van der Waals surface area contributed by atoms with Gasteiger partial charge in [0, 0.05) is 40.5 Å². The minimum atomic E-state index is -0.805. The number of anilines is 2. The number of fused-ring (bicyclic) bond motifs is 1. The molecule has 2 heterocycles. The summed E-state index contributed by atoms with van der Waals surface area (Å²) >= 11 is 0. The van der Waals surface area contributed by atoms with Crippen molar-refractivity contribution in [2.75, 3.05) is 17.7 Å². The van der Waals surface area contributed by atoms with Crippen LogP contribution >= 0.6 is 0 Å². The smallest absolute Gasteiger partial charge is 0.414 e. The normalized spacial score (nSPS) is 14.1. The maximum Gasteiger partial charge on any atom is 0.414 e. The van der Waals surface area contributed by atoms with Gasteiger partial charge in [0.05, 0.1) is 24.0 Å². The number of amides is 3. The minimum absolute atomic E-state index is 0.125. The molecule has 0 aliphatic heterocycles.